The molecule has 3 rings (SSSR count). The minimum absolute atomic E-state index is 1.10. The summed E-state index contributed by atoms with van der Waals surface area (Å²) in [5, 5.41) is 0. The molecule has 0 fully saturated rings. The number of benzene rings is 3. The molecular formula is C35H49N2. The van der Waals surface area contributed by atoms with Crippen molar-refractivity contribution in [3.63, 3.8) is 0 Å². The standard InChI is InChI=1S/C35H49N2/c1-6-10-25-36(26-11-7-2)33-23-16-14-20-30(33)31-22-18-19-29(5)35(31)32-21-15-17-24-34(32)37(27-12-8-3)28-13-9-4/h14-24H,5-13,25-28H2,1-4H3. The lowest BCUT2D eigenvalue weighted by Crippen LogP contribution is -2.26. The van der Waals surface area contributed by atoms with Gasteiger partial charge in [-0.3, -0.25) is 0 Å². The SMILES string of the molecule is [CH2]c1cccc(-c2ccccc2N(CCCC)CCCC)c1-c1ccccc1N(CCCC)CCCC. The molecule has 0 saturated heterocycles. The van der Waals surface area contributed by atoms with Gasteiger partial charge < -0.3 is 9.80 Å². The average molecular weight is 498 g/mol. The summed E-state index contributed by atoms with van der Waals surface area (Å²) < 4.78 is 0. The van der Waals surface area contributed by atoms with Gasteiger partial charge in [-0.15, -0.1) is 0 Å². The third-order valence-corrected chi connectivity index (χ3v) is 7.33. The van der Waals surface area contributed by atoms with E-state index in [0.717, 1.165) is 31.7 Å². The van der Waals surface area contributed by atoms with Crippen LogP contribution in [0.1, 0.15) is 84.6 Å². The van der Waals surface area contributed by atoms with Gasteiger partial charge in [-0.2, -0.15) is 0 Å². The summed E-state index contributed by atoms with van der Waals surface area (Å²) in [5.41, 5.74) is 8.97. The summed E-state index contributed by atoms with van der Waals surface area (Å²) in [6, 6.07) is 24.7. The Labute approximate surface area is 227 Å². The second-order valence-electron chi connectivity index (χ2n) is 10.3. The quantitative estimate of drug-likeness (QED) is 0.194. The molecule has 3 aromatic carbocycles. The van der Waals surface area contributed by atoms with Crippen molar-refractivity contribution in [3.05, 3.63) is 79.2 Å². The molecule has 2 heteroatoms. The van der Waals surface area contributed by atoms with Gasteiger partial charge >= 0.3 is 0 Å². The van der Waals surface area contributed by atoms with Crippen LogP contribution in [-0.4, -0.2) is 26.2 Å². The molecule has 2 nitrogen and oxygen atoms in total. The number of anilines is 2. The molecule has 0 bridgehead atoms. The van der Waals surface area contributed by atoms with E-state index in [1.165, 1.54) is 85.0 Å². The highest BCUT2D eigenvalue weighted by molar-refractivity contribution is 5.95. The highest BCUT2D eigenvalue weighted by Gasteiger charge is 2.20. The van der Waals surface area contributed by atoms with Crippen LogP contribution in [0.15, 0.2) is 66.7 Å². The Hall–Kier alpha value is -2.74. The lowest BCUT2D eigenvalue weighted by Gasteiger charge is -2.30. The molecule has 0 N–H and O–H groups in total. The maximum Gasteiger partial charge on any atom is 0.0446 e. The van der Waals surface area contributed by atoms with Crippen LogP contribution in [0.25, 0.3) is 22.3 Å². The van der Waals surface area contributed by atoms with Crippen LogP contribution >= 0.6 is 0 Å². The van der Waals surface area contributed by atoms with Crippen LogP contribution in [0.5, 0.6) is 0 Å². The van der Waals surface area contributed by atoms with E-state index < -0.39 is 0 Å². The molecule has 0 amide bonds. The molecule has 0 heterocycles. The first kappa shape index (κ1) is 28.8. The van der Waals surface area contributed by atoms with Gasteiger partial charge in [-0.05, 0) is 61.4 Å². The Balaban J connectivity index is 2.16. The van der Waals surface area contributed by atoms with Gasteiger partial charge in [0.25, 0.3) is 0 Å². The average Bonchev–Trinajstić information content (AvgIpc) is 2.93. The van der Waals surface area contributed by atoms with Gasteiger partial charge in [0.1, 0.15) is 0 Å². The summed E-state index contributed by atoms with van der Waals surface area (Å²) in [7, 11) is 0. The van der Waals surface area contributed by atoms with E-state index >= 15 is 0 Å². The maximum absolute atomic E-state index is 4.55. The van der Waals surface area contributed by atoms with Gasteiger partial charge in [0, 0.05) is 48.7 Å². The third-order valence-electron chi connectivity index (χ3n) is 7.33. The molecule has 0 atom stereocenters. The van der Waals surface area contributed by atoms with E-state index in [1.807, 2.05) is 0 Å². The molecule has 0 aromatic heterocycles. The van der Waals surface area contributed by atoms with Crippen molar-refractivity contribution in [2.24, 2.45) is 0 Å². The fourth-order valence-electron chi connectivity index (χ4n) is 5.18. The molecule has 0 unspecified atom stereocenters. The third kappa shape index (κ3) is 7.63. The molecule has 0 aliphatic carbocycles. The Morgan fingerprint density at radius 3 is 1.38 bits per heavy atom. The number of unbranched alkanes of at least 4 members (excludes halogenated alkanes) is 4. The van der Waals surface area contributed by atoms with Crippen LogP contribution in [0, 0.1) is 6.92 Å². The molecule has 199 valence electrons. The second-order valence-corrected chi connectivity index (χ2v) is 10.3. The van der Waals surface area contributed by atoms with Crippen molar-refractivity contribution in [1.29, 1.82) is 0 Å². The fraction of sp³-hybridized carbons (Fsp3) is 0.457. The maximum atomic E-state index is 4.55. The number of para-hydroxylation sites is 2. The molecular weight excluding hydrogens is 448 g/mol. The number of hydrogen-bond acceptors (Lipinski definition) is 2. The largest absolute Gasteiger partial charge is 0.371 e. The Bertz CT molecular complexity index is 1050. The van der Waals surface area contributed by atoms with Gasteiger partial charge in [-0.1, -0.05) is 108 Å². The van der Waals surface area contributed by atoms with Crippen molar-refractivity contribution in [3.8, 4) is 22.3 Å². The van der Waals surface area contributed by atoms with Crippen molar-refractivity contribution in [2.45, 2.75) is 79.1 Å². The molecule has 0 aliphatic heterocycles. The van der Waals surface area contributed by atoms with E-state index in [2.05, 4.69) is 111 Å². The zero-order valence-electron chi connectivity index (χ0n) is 23.9. The molecule has 0 saturated carbocycles. The normalized spacial score (nSPS) is 11.1. The van der Waals surface area contributed by atoms with Crippen LogP contribution in [-0.2, 0) is 0 Å². The van der Waals surface area contributed by atoms with Crippen LogP contribution < -0.4 is 9.80 Å². The van der Waals surface area contributed by atoms with Crippen molar-refractivity contribution >= 4 is 11.4 Å². The number of rotatable bonds is 16. The Morgan fingerprint density at radius 1 is 0.486 bits per heavy atom. The lowest BCUT2D eigenvalue weighted by atomic mass is 9.89. The Morgan fingerprint density at radius 2 is 0.892 bits per heavy atom. The zero-order valence-corrected chi connectivity index (χ0v) is 23.9. The predicted octanol–water partition coefficient (Wildman–Crippen LogP) is 10.0. The van der Waals surface area contributed by atoms with E-state index in [-0.39, 0.29) is 0 Å². The van der Waals surface area contributed by atoms with E-state index in [0.29, 0.717) is 0 Å². The smallest absolute Gasteiger partial charge is 0.0446 e. The van der Waals surface area contributed by atoms with E-state index in [1.54, 1.807) is 0 Å². The lowest BCUT2D eigenvalue weighted by molar-refractivity contribution is 0.678. The molecule has 0 aliphatic rings. The minimum atomic E-state index is 1.10. The molecule has 0 spiro atoms. The summed E-state index contributed by atoms with van der Waals surface area (Å²) in [6.45, 7) is 18.1. The molecule has 1 radical (unpaired) electrons. The first-order chi connectivity index (χ1) is 18.2. The highest BCUT2D eigenvalue weighted by atomic mass is 15.1. The van der Waals surface area contributed by atoms with Crippen molar-refractivity contribution in [2.75, 3.05) is 36.0 Å². The summed E-state index contributed by atoms with van der Waals surface area (Å²) >= 11 is 0. The summed E-state index contributed by atoms with van der Waals surface area (Å²) in [4.78, 5) is 5.22. The minimum Gasteiger partial charge on any atom is -0.371 e. The van der Waals surface area contributed by atoms with Gasteiger partial charge in [0.2, 0.25) is 0 Å². The summed E-state index contributed by atoms with van der Waals surface area (Å²) in [6.07, 6.45) is 9.70. The van der Waals surface area contributed by atoms with E-state index in [9.17, 15) is 0 Å². The second kappa shape index (κ2) is 15.5. The van der Waals surface area contributed by atoms with Gasteiger partial charge in [0.15, 0.2) is 0 Å². The first-order valence-corrected chi connectivity index (χ1v) is 14.8. The van der Waals surface area contributed by atoms with Crippen LogP contribution in [0.4, 0.5) is 11.4 Å². The van der Waals surface area contributed by atoms with Crippen molar-refractivity contribution in [1.82, 2.24) is 0 Å². The first-order valence-electron chi connectivity index (χ1n) is 14.8. The van der Waals surface area contributed by atoms with E-state index in [4.69, 9.17) is 0 Å². The highest BCUT2D eigenvalue weighted by Crippen LogP contribution is 2.43. The predicted molar refractivity (Wildman–Crippen MR) is 166 cm³/mol. The van der Waals surface area contributed by atoms with Crippen LogP contribution in [0.2, 0.25) is 0 Å². The van der Waals surface area contributed by atoms with Crippen molar-refractivity contribution < 1.29 is 0 Å². The van der Waals surface area contributed by atoms with Gasteiger partial charge in [0.05, 0.1) is 0 Å². The monoisotopic (exact) mass is 497 g/mol. The molecule has 37 heavy (non-hydrogen) atoms. The number of nitrogens with zero attached hydrogens (tertiary/aromatic N) is 2. The topological polar surface area (TPSA) is 6.48 Å². The fourth-order valence-corrected chi connectivity index (χ4v) is 5.18. The van der Waals surface area contributed by atoms with Crippen LogP contribution in [0.3, 0.4) is 0 Å². The number of hydrogen-bond donors (Lipinski definition) is 0. The summed E-state index contributed by atoms with van der Waals surface area (Å²) in [5.74, 6) is 0. The zero-order chi connectivity index (χ0) is 26.5. The molecule has 3 aromatic rings. The Kier molecular flexibility index (Phi) is 12.1. The van der Waals surface area contributed by atoms with Gasteiger partial charge in [-0.25, -0.2) is 0 Å².